The lowest BCUT2D eigenvalue weighted by Gasteiger charge is -1.94. The molecule has 0 aromatic carbocycles. The molecule has 0 radical (unpaired) electrons. The van der Waals surface area contributed by atoms with Crippen LogP contribution in [0, 0.1) is 0 Å². The Morgan fingerprint density at radius 2 is 2.30 bits per heavy atom. The summed E-state index contributed by atoms with van der Waals surface area (Å²) in [5.74, 6) is 0. The zero-order valence-corrected chi connectivity index (χ0v) is 11.7. The van der Waals surface area contributed by atoms with E-state index in [1.165, 1.54) is 21.9 Å². The second kappa shape index (κ2) is 5.34. The number of fused-ring (bicyclic) bond motifs is 1. The predicted octanol–water partition coefficient (Wildman–Crippen LogP) is 2.28. The van der Waals surface area contributed by atoms with E-state index in [0.29, 0.717) is 10.7 Å². The molecule has 0 amide bonds. The van der Waals surface area contributed by atoms with Crippen LogP contribution in [0.15, 0.2) is 35.4 Å². The van der Waals surface area contributed by atoms with Crippen molar-refractivity contribution in [1.82, 2.24) is 19.6 Å². The first kappa shape index (κ1) is 12.7. The van der Waals surface area contributed by atoms with Gasteiger partial charge in [-0.05, 0) is 24.1 Å². The molecule has 0 N–H and O–H groups in total. The highest BCUT2D eigenvalue weighted by Crippen LogP contribution is 2.12. The number of hydrogen-bond donors (Lipinski definition) is 0. The lowest BCUT2D eigenvalue weighted by atomic mass is 10.2. The maximum absolute atomic E-state index is 12.0. The summed E-state index contributed by atoms with van der Waals surface area (Å²) in [6, 6.07) is 5.29. The molecule has 3 aromatic heterocycles. The Hall–Kier alpha value is -2.34. The van der Waals surface area contributed by atoms with Crippen LogP contribution < -0.4 is 5.56 Å². The second-order valence-electron chi connectivity index (χ2n) is 4.18. The SMILES string of the molecule is CCc1nn2c(=O)cc(/C=C/c3cccnc3)nc2s1. The van der Waals surface area contributed by atoms with Gasteiger partial charge in [0.15, 0.2) is 0 Å². The average molecular weight is 284 g/mol. The molecule has 3 aromatic rings. The molecule has 0 saturated heterocycles. The van der Waals surface area contributed by atoms with Crippen LogP contribution in [-0.2, 0) is 6.42 Å². The van der Waals surface area contributed by atoms with Gasteiger partial charge in [-0.25, -0.2) is 4.98 Å². The molecule has 5 nitrogen and oxygen atoms in total. The summed E-state index contributed by atoms with van der Waals surface area (Å²) in [4.78, 5) is 21.1. The standard InChI is InChI=1S/C14H12N4OS/c1-2-12-17-18-13(19)8-11(16-14(18)20-12)6-5-10-4-3-7-15-9-10/h3-9H,2H2,1H3/b6-5+. The maximum atomic E-state index is 12.0. The highest BCUT2D eigenvalue weighted by molar-refractivity contribution is 7.16. The van der Waals surface area contributed by atoms with Gasteiger partial charge in [0.2, 0.25) is 4.96 Å². The topological polar surface area (TPSA) is 60.2 Å². The first-order valence-corrected chi connectivity index (χ1v) is 7.06. The van der Waals surface area contributed by atoms with E-state index in [1.54, 1.807) is 12.4 Å². The first-order valence-electron chi connectivity index (χ1n) is 6.24. The van der Waals surface area contributed by atoms with Crippen LogP contribution in [0.3, 0.4) is 0 Å². The van der Waals surface area contributed by atoms with E-state index in [-0.39, 0.29) is 5.56 Å². The molecule has 3 heterocycles. The fourth-order valence-electron chi connectivity index (χ4n) is 1.75. The highest BCUT2D eigenvalue weighted by atomic mass is 32.1. The van der Waals surface area contributed by atoms with Crippen molar-refractivity contribution in [1.29, 1.82) is 0 Å². The summed E-state index contributed by atoms with van der Waals surface area (Å²) in [5, 5.41) is 5.12. The van der Waals surface area contributed by atoms with Crippen LogP contribution in [0.2, 0.25) is 0 Å². The van der Waals surface area contributed by atoms with Crippen molar-refractivity contribution >= 4 is 28.4 Å². The normalized spacial score (nSPS) is 11.4. The van der Waals surface area contributed by atoms with Crippen LogP contribution in [0.5, 0.6) is 0 Å². The Morgan fingerprint density at radius 1 is 1.40 bits per heavy atom. The smallest absolute Gasteiger partial charge is 0.267 e. The van der Waals surface area contributed by atoms with E-state index in [4.69, 9.17) is 0 Å². The summed E-state index contributed by atoms with van der Waals surface area (Å²) >= 11 is 1.44. The highest BCUT2D eigenvalue weighted by Gasteiger charge is 2.06. The molecule has 20 heavy (non-hydrogen) atoms. The molecule has 0 saturated carbocycles. The van der Waals surface area contributed by atoms with Crippen molar-refractivity contribution in [2.75, 3.05) is 0 Å². The second-order valence-corrected chi connectivity index (χ2v) is 5.22. The molecule has 0 bridgehead atoms. The van der Waals surface area contributed by atoms with Gasteiger partial charge in [0, 0.05) is 18.5 Å². The van der Waals surface area contributed by atoms with Gasteiger partial charge < -0.3 is 0 Å². The zero-order chi connectivity index (χ0) is 13.9. The van der Waals surface area contributed by atoms with Crippen LogP contribution in [-0.4, -0.2) is 19.6 Å². The molecular weight excluding hydrogens is 272 g/mol. The monoisotopic (exact) mass is 284 g/mol. The van der Waals surface area contributed by atoms with E-state index < -0.39 is 0 Å². The minimum Gasteiger partial charge on any atom is -0.267 e. The lowest BCUT2D eigenvalue weighted by molar-refractivity contribution is 0.858. The van der Waals surface area contributed by atoms with Crippen LogP contribution in [0.4, 0.5) is 0 Å². The van der Waals surface area contributed by atoms with E-state index in [9.17, 15) is 4.79 Å². The third kappa shape index (κ3) is 2.50. The Balaban J connectivity index is 2.00. The summed E-state index contributed by atoms with van der Waals surface area (Å²) in [6.07, 6.45) is 7.96. The number of pyridine rings is 1. The number of aryl methyl sites for hydroxylation is 1. The van der Waals surface area contributed by atoms with Gasteiger partial charge in [-0.15, -0.1) is 0 Å². The quantitative estimate of drug-likeness (QED) is 0.740. The summed E-state index contributed by atoms with van der Waals surface area (Å²) < 4.78 is 1.35. The van der Waals surface area contributed by atoms with Crippen LogP contribution in [0.25, 0.3) is 17.1 Å². The maximum Gasteiger partial charge on any atom is 0.275 e. The summed E-state index contributed by atoms with van der Waals surface area (Å²) in [6.45, 7) is 2.01. The number of aromatic nitrogens is 4. The third-order valence-electron chi connectivity index (χ3n) is 2.74. The van der Waals surface area contributed by atoms with Crippen LogP contribution >= 0.6 is 11.3 Å². The Labute approximate surface area is 119 Å². The molecule has 0 unspecified atom stereocenters. The van der Waals surface area contributed by atoms with Crippen molar-refractivity contribution in [2.24, 2.45) is 0 Å². The number of nitrogens with zero attached hydrogens (tertiary/aromatic N) is 4. The average Bonchev–Trinajstić information content (AvgIpc) is 2.90. The van der Waals surface area contributed by atoms with Crippen LogP contribution in [0.1, 0.15) is 23.2 Å². The predicted molar refractivity (Wildman–Crippen MR) is 79.7 cm³/mol. The molecule has 0 aliphatic carbocycles. The van der Waals surface area contributed by atoms with E-state index in [1.807, 2.05) is 31.2 Å². The Bertz CT molecular complexity index is 820. The fourth-order valence-corrected chi connectivity index (χ4v) is 2.60. The first-order chi connectivity index (χ1) is 9.76. The largest absolute Gasteiger partial charge is 0.275 e. The van der Waals surface area contributed by atoms with Gasteiger partial charge in [0.1, 0.15) is 5.01 Å². The molecule has 0 spiro atoms. The van der Waals surface area contributed by atoms with Crippen molar-refractivity contribution in [3.63, 3.8) is 0 Å². The third-order valence-corrected chi connectivity index (χ3v) is 3.79. The van der Waals surface area contributed by atoms with E-state index >= 15 is 0 Å². The van der Waals surface area contributed by atoms with Gasteiger partial charge in [-0.1, -0.05) is 30.4 Å². The molecular formula is C14H12N4OS. The van der Waals surface area contributed by atoms with Crippen molar-refractivity contribution in [3.05, 3.63) is 57.2 Å². The summed E-state index contributed by atoms with van der Waals surface area (Å²) in [7, 11) is 0. The Morgan fingerprint density at radius 3 is 3.05 bits per heavy atom. The number of hydrogen-bond acceptors (Lipinski definition) is 5. The van der Waals surface area contributed by atoms with Gasteiger partial charge in [-0.3, -0.25) is 9.78 Å². The molecule has 0 aliphatic rings. The molecule has 0 aliphatic heterocycles. The molecule has 0 fully saturated rings. The van der Waals surface area contributed by atoms with E-state index in [2.05, 4.69) is 15.1 Å². The van der Waals surface area contributed by atoms with E-state index in [0.717, 1.165) is 17.0 Å². The molecule has 3 rings (SSSR count). The van der Waals surface area contributed by atoms with Crippen molar-refractivity contribution < 1.29 is 0 Å². The van der Waals surface area contributed by atoms with Gasteiger partial charge >= 0.3 is 0 Å². The van der Waals surface area contributed by atoms with Crippen molar-refractivity contribution in [2.45, 2.75) is 13.3 Å². The molecule has 6 heteroatoms. The van der Waals surface area contributed by atoms with Gasteiger partial charge in [-0.2, -0.15) is 9.61 Å². The molecule has 100 valence electrons. The Kier molecular flexibility index (Phi) is 3.39. The van der Waals surface area contributed by atoms with Gasteiger partial charge in [0.05, 0.1) is 5.69 Å². The summed E-state index contributed by atoms with van der Waals surface area (Å²) in [5.41, 5.74) is 1.44. The van der Waals surface area contributed by atoms with Gasteiger partial charge in [0.25, 0.3) is 5.56 Å². The minimum atomic E-state index is -0.156. The molecule has 0 atom stereocenters. The lowest BCUT2D eigenvalue weighted by Crippen LogP contribution is -2.14. The zero-order valence-electron chi connectivity index (χ0n) is 10.9. The minimum absolute atomic E-state index is 0.156. The van der Waals surface area contributed by atoms with Crippen molar-refractivity contribution in [3.8, 4) is 0 Å². The fraction of sp³-hybridized carbons (Fsp3) is 0.143. The number of rotatable bonds is 3.